The predicted octanol–water partition coefficient (Wildman–Crippen LogP) is 24.6. The van der Waals surface area contributed by atoms with Gasteiger partial charge in [0.05, 0.1) is 0 Å². The van der Waals surface area contributed by atoms with Crippen molar-refractivity contribution in [1.29, 1.82) is 0 Å². The first-order valence-corrected chi connectivity index (χ1v) is 36.0. The highest BCUT2D eigenvalue weighted by atomic mass is 16.6. The van der Waals surface area contributed by atoms with Crippen molar-refractivity contribution in [3.8, 4) is 0 Å². The van der Waals surface area contributed by atoms with Crippen molar-refractivity contribution in [2.24, 2.45) is 0 Å². The highest BCUT2D eigenvalue weighted by Gasteiger charge is 2.20. The first-order chi connectivity index (χ1) is 38.5. The fourth-order valence-electron chi connectivity index (χ4n) is 11.5. The van der Waals surface area contributed by atoms with Gasteiger partial charge >= 0.3 is 17.9 Å². The lowest BCUT2D eigenvalue weighted by Crippen LogP contribution is -2.30. The van der Waals surface area contributed by atoms with Gasteiger partial charge in [-0.1, -0.05) is 387 Å². The van der Waals surface area contributed by atoms with E-state index >= 15 is 0 Å². The van der Waals surface area contributed by atoms with Gasteiger partial charge in [0.15, 0.2) is 6.10 Å². The zero-order chi connectivity index (χ0) is 56.4. The fraction of sp³-hybridized carbons (Fsp3) is 0.958. The molecule has 0 rings (SSSR count). The second-order valence-electron chi connectivity index (χ2n) is 24.9. The van der Waals surface area contributed by atoms with Crippen LogP contribution in [0.15, 0.2) is 0 Å². The molecule has 6 heteroatoms. The Bertz CT molecular complexity index is 1170. The average Bonchev–Trinajstić information content (AvgIpc) is 3.44. The Morgan fingerprint density at radius 1 is 0.205 bits per heavy atom. The number of hydrogen-bond donors (Lipinski definition) is 0. The van der Waals surface area contributed by atoms with Gasteiger partial charge in [-0.25, -0.2) is 0 Å². The van der Waals surface area contributed by atoms with Crippen LogP contribution < -0.4 is 0 Å². The van der Waals surface area contributed by atoms with Crippen LogP contribution in [-0.2, 0) is 28.6 Å². The molecule has 0 aromatic heterocycles. The van der Waals surface area contributed by atoms with Gasteiger partial charge in [-0.3, -0.25) is 14.4 Å². The van der Waals surface area contributed by atoms with Gasteiger partial charge in [0, 0.05) is 19.3 Å². The third kappa shape index (κ3) is 65.2. The van der Waals surface area contributed by atoms with Gasteiger partial charge in [-0.2, -0.15) is 0 Å². The molecule has 0 aliphatic heterocycles. The molecular formula is C72H140O6. The van der Waals surface area contributed by atoms with Gasteiger partial charge < -0.3 is 14.2 Å². The molecule has 0 heterocycles. The van der Waals surface area contributed by atoms with Crippen molar-refractivity contribution in [3.05, 3.63) is 0 Å². The summed E-state index contributed by atoms with van der Waals surface area (Å²) in [5.41, 5.74) is 0. The molecule has 0 amide bonds. The molecule has 0 spiro atoms. The van der Waals surface area contributed by atoms with Gasteiger partial charge in [0.25, 0.3) is 0 Å². The van der Waals surface area contributed by atoms with E-state index in [2.05, 4.69) is 20.8 Å². The molecule has 0 saturated carbocycles. The Hall–Kier alpha value is -1.59. The van der Waals surface area contributed by atoms with Crippen molar-refractivity contribution >= 4 is 17.9 Å². The van der Waals surface area contributed by atoms with E-state index < -0.39 is 6.10 Å². The summed E-state index contributed by atoms with van der Waals surface area (Å²) >= 11 is 0. The van der Waals surface area contributed by atoms with E-state index in [0.717, 1.165) is 57.8 Å². The lowest BCUT2D eigenvalue weighted by atomic mass is 10.0. The van der Waals surface area contributed by atoms with E-state index in [1.807, 2.05) is 0 Å². The van der Waals surface area contributed by atoms with Crippen molar-refractivity contribution in [2.75, 3.05) is 13.2 Å². The summed E-state index contributed by atoms with van der Waals surface area (Å²) in [6, 6.07) is 0. The summed E-state index contributed by atoms with van der Waals surface area (Å²) < 4.78 is 17.0. The number of carbonyl (C=O) groups is 3. The standard InChI is InChI=1S/C72H140O6/c1-4-7-10-13-16-19-22-25-27-29-31-32-33-34-35-36-37-38-39-41-42-44-47-50-53-56-59-62-65-71(74)77-68-69(67-76-70(73)64-61-58-55-52-49-46-24-21-18-15-12-9-6-3)78-72(75)66-63-60-57-54-51-48-45-43-40-30-28-26-23-20-17-14-11-8-5-2/h69H,4-68H2,1-3H3. The molecule has 0 radical (unpaired) electrons. The zero-order valence-electron chi connectivity index (χ0n) is 53.5. The molecule has 1 atom stereocenters. The maximum Gasteiger partial charge on any atom is 0.306 e. The van der Waals surface area contributed by atoms with Crippen LogP contribution in [0.25, 0.3) is 0 Å². The van der Waals surface area contributed by atoms with Crippen LogP contribution in [-0.4, -0.2) is 37.2 Å². The van der Waals surface area contributed by atoms with Gasteiger partial charge in [0.2, 0.25) is 0 Å². The van der Waals surface area contributed by atoms with Crippen LogP contribution in [0.3, 0.4) is 0 Å². The summed E-state index contributed by atoms with van der Waals surface area (Å²) in [7, 11) is 0. The highest BCUT2D eigenvalue weighted by molar-refractivity contribution is 5.71. The molecule has 0 saturated heterocycles. The molecular weight excluding hydrogens is 961 g/mol. The van der Waals surface area contributed by atoms with Gasteiger partial charge in [-0.05, 0) is 19.3 Å². The monoisotopic (exact) mass is 1100 g/mol. The normalized spacial score (nSPS) is 11.9. The van der Waals surface area contributed by atoms with Crippen molar-refractivity contribution in [1.82, 2.24) is 0 Å². The Kier molecular flexibility index (Phi) is 66.5. The number of carbonyl (C=O) groups excluding carboxylic acids is 3. The lowest BCUT2D eigenvalue weighted by molar-refractivity contribution is -0.167. The second kappa shape index (κ2) is 67.9. The molecule has 0 aliphatic rings. The Labute approximate surface area is 488 Å². The van der Waals surface area contributed by atoms with Crippen LogP contribution in [0.5, 0.6) is 0 Å². The molecule has 464 valence electrons. The second-order valence-corrected chi connectivity index (χ2v) is 24.9. The van der Waals surface area contributed by atoms with E-state index in [9.17, 15) is 14.4 Å². The minimum absolute atomic E-state index is 0.0602. The van der Waals surface area contributed by atoms with Crippen molar-refractivity contribution < 1.29 is 28.6 Å². The minimum Gasteiger partial charge on any atom is -0.462 e. The molecule has 0 aliphatic carbocycles. The number of hydrogen-bond acceptors (Lipinski definition) is 6. The average molecular weight is 1100 g/mol. The summed E-state index contributed by atoms with van der Waals surface area (Å²) in [4.78, 5) is 38.4. The van der Waals surface area contributed by atoms with Crippen molar-refractivity contribution in [2.45, 2.75) is 431 Å². The smallest absolute Gasteiger partial charge is 0.306 e. The van der Waals surface area contributed by atoms with Crippen LogP contribution in [0, 0.1) is 0 Å². The first-order valence-electron chi connectivity index (χ1n) is 36.0. The van der Waals surface area contributed by atoms with Crippen LogP contribution >= 0.6 is 0 Å². The molecule has 6 nitrogen and oxygen atoms in total. The quantitative estimate of drug-likeness (QED) is 0.0343. The molecule has 0 bridgehead atoms. The van der Waals surface area contributed by atoms with E-state index in [1.54, 1.807) is 0 Å². The van der Waals surface area contributed by atoms with Gasteiger partial charge in [-0.15, -0.1) is 0 Å². The number of rotatable bonds is 68. The molecule has 78 heavy (non-hydrogen) atoms. The van der Waals surface area contributed by atoms with Crippen LogP contribution in [0.1, 0.15) is 425 Å². The number of ether oxygens (including phenoxy) is 3. The molecule has 0 aromatic rings. The van der Waals surface area contributed by atoms with E-state index in [1.165, 1.54) is 327 Å². The largest absolute Gasteiger partial charge is 0.462 e. The molecule has 0 aromatic carbocycles. The Morgan fingerprint density at radius 3 is 0.513 bits per heavy atom. The van der Waals surface area contributed by atoms with Gasteiger partial charge in [0.1, 0.15) is 13.2 Å². The maximum absolute atomic E-state index is 12.9. The summed E-state index contributed by atoms with van der Waals surface area (Å²) in [6.45, 7) is 6.74. The Morgan fingerprint density at radius 2 is 0.346 bits per heavy atom. The SMILES string of the molecule is CCCCCCCCCCCCCCCCCCCCCCCCCCCCCCC(=O)OCC(COC(=O)CCCCCCCCCCCCCCC)OC(=O)CCCCCCCCCCCCCCCCCCCCC. The molecule has 0 N–H and O–H groups in total. The van der Waals surface area contributed by atoms with Crippen molar-refractivity contribution in [3.63, 3.8) is 0 Å². The van der Waals surface area contributed by atoms with E-state index in [0.29, 0.717) is 19.3 Å². The van der Waals surface area contributed by atoms with Crippen LogP contribution in [0.4, 0.5) is 0 Å². The summed E-state index contributed by atoms with van der Waals surface area (Å²) in [5, 5.41) is 0. The van der Waals surface area contributed by atoms with E-state index in [4.69, 9.17) is 14.2 Å². The highest BCUT2D eigenvalue weighted by Crippen LogP contribution is 2.20. The summed E-state index contributed by atoms with van der Waals surface area (Å²) in [5.74, 6) is -0.820. The Balaban J connectivity index is 4.14. The number of esters is 3. The minimum atomic E-state index is -0.763. The predicted molar refractivity (Wildman–Crippen MR) is 340 cm³/mol. The maximum atomic E-state index is 12.9. The van der Waals surface area contributed by atoms with E-state index in [-0.39, 0.29) is 31.1 Å². The molecule has 1 unspecified atom stereocenters. The summed E-state index contributed by atoms with van der Waals surface area (Å²) in [6.07, 6.45) is 80.0. The topological polar surface area (TPSA) is 78.9 Å². The first kappa shape index (κ1) is 76.4. The third-order valence-corrected chi connectivity index (χ3v) is 16.9. The zero-order valence-corrected chi connectivity index (χ0v) is 53.5. The molecule has 0 fully saturated rings. The fourth-order valence-corrected chi connectivity index (χ4v) is 11.5. The number of unbranched alkanes of at least 4 members (excludes halogenated alkanes) is 57. The lowest BCUT2D eigenvalue weighted by Gasteiger charge is -2.18. The van der Waals surface area contributed by atoms with Crippen LogP contribution in [0.2, 0.25) is 0 Å². The third-order valence-electron chi connectivity index (χ3n) is 16.9.